The number of ether oxygens (including phenoxy) is 1. The fraction of sp³-hybridized carbons (Fsp3) is 0.154. The van der Waals surface area contributed by atoms with Crippen LogP contribution < -0.4 is 4.74 Å². The zero-order valence-electron chi connectivity index (χ0n) is 9.83. The van der Waals surface area contributed by atoms with Gasteiger partial charge in [-0.25, -0.2) is 9.37 Å². The van der Waals surface area contributed by atoms with Gasteiger partial charge in [-0.2, -0.15) is 13.2 Å². The molecule has 0 aliphatic rings. The normalized spacial score (nSPS) is 11.4. The zero-order valence-corrected chi connectivity index (χ0v) is 9.83. The monoisotopic (exact) mass is 271 g/mol. The summed E-state index contributed by atoms with van der Waals surface area (Å²) in [7, 11) is 0. The summed E-state index contributed by atoms with van der Waals surface area (Å²) in [5, 5.41) is 0. The first-order valence-corrected chi connectivity index (χ1v) is 5.33. The summed E-state index contributed by atoms with van der Waals surface area (Å²) in [6.07, 6.45) is -3.78. The Balaban J connectivity index is 2.17. The third kappa shape index (κ3) is 3.21. The van der Waals surface area contributed by atoms with E-state index in [0.29, 0.717) is 11.8 Å². The topological polar surface area (TPSA) is 22.1 Å². The third-order valence-corrected chi connectivity index (χ3v) is 2.43. The summed E-state index contributed by atoms with van der Waals surface area (Å²) in [6.45, 7) is 1.59. The summed E-state index contributed by atoms with van der Waals surface area (Å²) < 4.78 is 55.4. The van der Waals surface area contributed by atoms with Crippen LogP contribution in [0.25, 0.3) is 0 Å². The quantitative estimate of drug-likeness (QED) is 0.758. The first kappa shape index (κ1) is 13.3. The van der Waals surface area contributed by atoms with E-state index in [2.05, 4.69) is 4.98 Å². The molecule has 0 spiro atoms. The second kappa shape index (κ2) is 4.87. The van der Waals surface area contributed by atoms with Crippen molar-refractivity contribution >= 4 is 0 Å². The molecule has 0 amide bonds. The molecule has 0 aliphatic carbocycles. The Labute approximate surface area is 106 Å². The highest BCUT2D eigenvalue weighted by atomic mass is 19.4. The Bertz CT molecular complexity index is 578. The Morgan fingerprint density at radius 3 is 2.37 bits per heavy atom. The van der Waals surface area contributed by atoms with Crippen molar-refractivity contribution in [1.82, 2.24) is 4.98 Å². The lowest BCUT2D eigenvalue weighted by atomic mass is 10.2. The molecule has 1 heterocycles. The molecule has 2 rings (SSSR count). The van der Waals surface area contributed by atoms with Crippen molar-refractivity contribution in [3.05, 3.63) is 53.5 Å². The van der Waals surface area contributed by atoms with E-state index in [-0.39, 0.29) is 11.6 Å². The first-order valence-electron chi connectivity index (χ1n) is 5.33. The maximum Gasteiger partial charge on any atom is 0.417 e. The number of nitrogens with zero attached hydrogens (tertiary/aromatic N) is 1. The van der Waals surface area contributed by atoms with Gasteiger partial charge in [0.15, 0.2) is 0 Å². The standard InChI is InChI=1S/C13H9F4NO/c1-8-2-4-10(6-11(8)14)19-12-5-3-9(7-18-12)13(15,16)17/h2-7H,1H3. The smallest absolute Gasteiger partial charge is 0.417 e. The fourth-order valence-corrected chi connectivity index (χ4v) is 1.37. The van der Waals surface area contributed by atoms with E-state index in [1.807, 2.05) is 0 Å². The van der Waals surface area contributed by atoms with Crippen LogP contribution in [-0.2, 0) is 6.18 Å². The molecule has 6 heteroatoms. The zero-order chi connectivity index (χ0) is 14.0. The number of hydrogen-bond donors (Lipinski definition) is 0. The van der Waals surface area contributed by atoms with E-state index in [1.54, 1.807) is 6.92 Å². The number of benzene rings is 1. The van der Waals surface area contributed by atoms with Crippen LogP contribution in [0.3, 0.4) is 0 Å². The largest absolute Gasteiger partial charge is 0.439 e. The van der Waals surface area contributed by atoms with Gasteiger partial charge in [-0.15, -0.1) is 0 Å². The average Bonchev–Trinajstić information content (AvgIpc) is 2.33. The lowest BCUT2D eigenvalue weighted by Gasteiger charge is -2.08. The van der Waals surface area contributed by atoms with Crippen LogP contribution in [-0.4, -0.2) is 4.98 Å². The minimum atomic E-state index is -4.44. The van der Waals surface area contributed by atoms with Crippen LogP contribution in [0.4, 0.5) is 17.6 Å². The van der Waals surface area contributed by atoms with Crippen LogP contribution in [0.5, 0.6) is 11.6 Å². The second-order valence-corrected chi connectivity index (χ2v) is 3.90. The summed E-state index contributed by atoms with van der Waals surface area (Å²) in [6, 6.07) is 6.11. The van der Waals surface area contributed by atoms with Gasteiger partial charge in [-0.3, -0.25) is 0 Å². The summed E-state index contributed by atoms with van der Waals surface area (Å²) in [5.41, 5.74) is -0.414. The molecule has 2 nitrogen and oxygen atoms in total. The third-order valence-electron chi connectivity index (χ3n) is 2.43. The van der Waals surface area contributed by atoms with Gasteiger partial charge < -0.3 is 4.74 Å². The number of pyridine rings is 1. The molecule has 0 N–H and O–H groups in total. The van der Waals surface area contributed by atoms with Gasteiger partial charge in [0.05, 0.1) is 5.56 Å². The van der Waals surface area contributed by atoms with Crippen LogP contribution in [0.2, 0.25) is 0 Å². The minimum absolute atomic E-state index is 0.0312. The molecule has 0 fully saturated rings. The summed E-state index contributed by atoms with van der Waals surface area (Å²) in [4.78, 5) is 3.53. The van der Waals surface area contributed by atoms with E-state index < -0.39 is 17.6 Å². The van der Waals surface area contributed by atoms with Gasteiger partial charge >= 0.3 is 6.18 Å². The molecule has 19 heavy (non-hydrogen) atoms. The number of rotatable bonds is 2. The summed E-state index contributed by atoms with van der Waals surface area (Å²) in [5.74, 6) is -0.309. The highest BCUT2D eigenvalue weighted by molar-refractivity contribution is 5.31. The molecule has 2 aromatic rings. The summed E-state index contributed by atoms with van der Waals surface area (Å²) >= 11 is 0. The van der Waals surface area contributed by atoms with Crippen molar-refractivity contribution in [1.29, 1.82) is 0 Å². The van der Waals surface area contributed by atoms with E-state index in [1.165, 1.54) is 12.1 Å². The second-order valence-electron chi connectivity index (χ2n) is 3.90. The first-order chi connectivity index (χ1) is 8.86. The van der Waals surface area contributed by atoms with E-state index in [9.17, 15) is 17.6 Å². The number of aromatic nitrogens is 1. The Kier molecular flexibility index (Phi) is 3.42. The van der Waals surface area contributed by atoms with E-state index >= 15 is 0 Å². The molecule has 0 unspecified atom stereocenters. The maximum absolute atomic E-state index is 13.3. The van der Waals surface area contributed by atoms with Crippen LogP contribution in [0.1, 0.15) is 11.1 Å². The molecule has 0 saturated heterocycles. The number of halogens is 4. The van der Waals surface area contributed by atoms with Gasteiger partial charge in [-0.1, -0.05) is 6.07 Å². The average molecular weight is 271 g/mol. The van der Waals surface area contributed by atoms with Crippen molar-refractivity contribution < 1.29 is 22.3 Å². The van der Waals surface area contributed by atoms with Crippen molar-refractivity contribution in [2.24, 2.45) is 0 Å². The predicted molar refractivity (Wildman–Crippen MR) is 60.5 cm³/mol. The lowest BCUT2D eigenvalue weighted by molar-refractivity contribution is -0.137. The molecule has 100 valence electrons. The van der Waals surface area contributed by atoms with Crippen molar-refractivity contribution in [3.63, 3.8) is 0 Å². The Morgan fingerprint density at radius 2 is 1.84 bits per heavy atom. The van der Waals surface area contributed by atoms with Crippen molar-refractivity contribution in [3.8, 4) is 11.6 Å². The van der Waals surface area contributed by atoms with Gasteiger partial charge in [0, 0.05) is 18.3 Å². The molecule has 0 atom stereocenters. The number of hydrogen-bond acceptors (Lipinski definition) is 2. The highest BCUT2D eigenvalue weighted by Gasteiger charge is 2.30. The molecular weight excluding hydrogens is 262 g/mol. The lowest BCUT2D eigenvalue weighted by Crippen LogP contribution is -2.05. The van der Waals surface area contributed by atoms with E-state index in [4.69, 9.17) is 4.74 Å². The number of aryl methyl sites for hydroxylation is 1. The van der Waals surface area contributed by atoms with Crippen LogP contribution in [0, 0.1) is 12.7 Å². The SMILES string of the molecule is Cc1ccc(Oc2ccc(C(F)(F)F)cn2)cc1F. The van der Waals surface area contributed by atoms with Crippen LogP contribution >= 0.6 is 0 Å². The van der Waals surface area contributed by atoms with Gasteiger partial charge in [0.25, 0.3) is 0 Å². The van der Waals surface area contributed by atoms with Gasteiger partial charge in [-0.05, 0) is 24.6 Å². The predicted octanol–water partition coefficient (Wildman–Crippen LogP) is 4.34. The Hall–Kier alpha value is -2.11. The van der Waals surface area contributed by atoms with Crippen molar-refractivity contribution in [2.75, 3.05) is 0 Å². The molecule has 0 saturated carbocycles. The molecule has 1 aromatic heterocycles. The molecular formula is C13H9F4NO. The van der Waals surface area contributed by atoms with Crippen LogP contribution in [0.15, 0.2) is 36.5 Å². The number of alkyl halides is 3. The highest BCUT2D eigenvalue weighted by Crippen LogP contribution is 2.30. The molecule has 1 aromatic carbocycles. The van der Waals surface area contributed by atoms with Crippen molar-refractivity contribution in [2.45, 2.75) is 13.1 Å². The maximum atomic E-state index is 13.3. The molecule has 0 bridgehead atoms. The fourth-order valence-electron chi connectivity index (χ4n) is 1.37. The Morgan fingerprint density at radius 1 is 1.11 bits per heavy atom. The molecule has 0 aliphatic heterocycles. The van der Waals surface area contributed by atoms with Gasteiger partial charge in [0.1, 0.15) is 11.6 Å². The van der Waals surface area contributed by atoms with E-state index in [0.717, 1.165) is 18.2 Å². The van der Waals surface area contributed by atoms with Gasteiger partial charge in [0.2, 0.25) is 5.88 Å². The minimum Gasteiger partial charge on any atom is -0.439 e. The molecule has 0 radical (unpaired) electrons.